The molecular weight excluding hydrogens is 534 g/mol. The molecule has 7 N–H and O–H groups in total. The van der Waals surface area contributed by atoms with Crippen molar-refractivity contribution in [3.8, 4) is 28.7 Å². The molecule has 2 aromatic carbocycles. The van der Waals surface area contributed by atoms with Gasteiger partial charge in [-0.3, -0.25) is 5.32 Å². The number of benzene rings is 2. The van der Waals surface area contributed by atoms with Crippen molar-refractivity contribution in [2.45, 2.75) is 62.0 Å². The number of rotatable bonds is 9. The van der Waals surface area contributed by atoms with Crippen molar-refractivity contribution in [1.29, 1.82) is 0 Å². The van der Waals surface area contributed by atoms with Crippen molar-refractivity contribution in [2.24, 2.45) is 0 Å². The number of hydrogen-bond donors (Lipinski definition) is 7. The maximum absolute atomic E-state index is 11.4. The first-order valence-electron chi connectivity index (χ1n) is 12.6. The van der Waals surface area contributed by atoms with Crippen LogP contribution in [0, 0.1) is 0 Å². The molecule has 3 heterocycles. The molecule has 0 saturated carbocycles. The van der Waals surface area contributed by atoms with Gasteiger partial charge in [-0.2, -0.15) is 0 Å². The Kier molecular flexibility index (Phi) is 7.92. The van der Waals surface area contributed by atoms with E-state index in [9.17, 15) is 35.4 Å². The molecule has 2 aromatic rings. The van der Waals surface area contributed by atoms with Crippen LogP contribution in [0.3, 0.4) is 0 Å². The molecule has 1 saturated heterocycles. The molecule has 0 spiro atoms. The van der Waals surface area contributed by atoms with Gasteiger partial charge in [0.2, 0.25) is 18.3 Å². The molecule has 14 heteroatoms. The Morgan fingerprint density at radius 3 is 2.50 bits per heavy atom. The number of aliphatic hydroxyl groups is 5. The van der Waals surface area contributed by atoms with Gasteiger partial charge in [0.05, 0.1) is 19.1 Å². The van der Waals surface area contributed by atoms with Crippen molar-refractivity contribution >= 4 is 5.97 Å². The SMILES string of the molecule is COc1c(OCNC[C@H](C)O)ccc2c1O[C@H]1c3ccc(O[C@@H]4O[C@H](C(=O)O)[C@@H](O)[C@H](O)[C@H]4O)cc3O[C@H](O)[C@@H]21. The second kappa shape index (κ2) is 11.2. The first-order chi connectivity index (χ1) is 19.1. The third kappa shape index (κ3) is 5.10. The zero-order chi connectivity index (χ0) is 28.7. The number of ether oxygens (including phenoxy) is 6. The lowest BCUT2D eigenvalue weighted by Gasteiger charge is -2.38. The predicted octanol–water partition coefficient (Wildman–Crippen LogP) is -0.799. The Hall–Kier alpha value is -3.37. The number of carboxylic acids is 1. The van der Waals surface area contributed by atoms with Crippen LogP contribution in [0.5, 0.6) is 28.7 Å². The van der Waals surface area contributed by atoms with E-state index in [1.54, 1.807) is 25.1 Å². The van der Waals surface area contributed by atoms with Gasteiger partial charge in [-0.05, 0) is 25.1 Å². The van der Waals surface area contributed by atoms with Crippen LogP contribution in [0.4, 0.5) is 0 Å². The lowest BCUT2D eigenvalue weighted by atomic mass is 9.88. The molecule has 3 aliphatic rings. The highest BCUT2D eigenvalue weighted by molar-refractivity contribution is 5.73. The van der Waals surface area contributed by atoms with Crippen LogP contribution >= 0.6 is 0 Å². The van der Waals surface area contributed by atoms with E-state index in [2.05, 4.69) is 5.32 Å². The number of methoxy groups -OCH3 is 1. The second-order valence-electron chi connectivity index (χ2n) is 9.73. The maximum Gasteiger partial charge on any atom is 0.335 e. The number of aliphatic carboxylic acids is 1. The topological polar surface area (TPSA) is 206 Å². The van der Waals surface area contributed by atoms with Crippen LogP contribution in [0.2, 0.25) is 0 Å². The van der Waals surface area contributed by atoms with E-state index in [0.717, 1.165) is 0 Å². The molecule has 0 amide bonds. The Morgan fingerprint density at radius 2 is 1.80 bits per heavy atom. The molecule has 0 unspecified atom stereocenters. The Balaban J connectivity index is 1.36. The van der Waals surface area contributed by atoms with E-state index in [0.29, 0.717) is 34.9 Å². The Labute approximate surface area is 228 Å². The van der Waals surface area contributed by atoms with Gasteiger partial charge in [0, 0.05) is 23.7 Å². The van der Waals surface area contributed by atoms with E-state index < -0.39 is 61.1 Å². The fourth-order valence-corrected chi connectivity index (χ4v) is 4.98. The molecule has 14 nitrogen and oxygen atoms in total. The first-order valence-corrected chi connectivity index (χ1v) is 12.6. The molecule has 0 aliphatic carbocycles. The summed E-state index contributed by atoms with van der Waals surface area (Å²) < 4.78 is 34.1. The van der Waals surface area contributed by atoms with E-state index in [1.807, 2.05) is 0 Å². The van der Waals surface area contributed by atoms with Crippen LogP contribution < -0.4 is 29.0 Å². The van der Waals surface area contributed by atoms with Crippen LogP contribution in [0.25, 0.3) is 0 Å². The van der Waals surface area contributed by atoms with Gasteiger partial charge in [-0.1, -0.05) is 6.07 Å². The van der Waals surface area contributed by atoms with Gasteiger partial charge in [0.1, 0.15) is 42.6 Å². The third-order valence-corrected chi connectivity index (χ3v) is 6.92. The molecule has 5 rings (SSSR count). The first kappa shape index (κ1) is 28.2. The predicted molar refractivity (Wildman–Crippen MR) is 132 cm³/mol. The minimum Gasteiger partial charge on any atom is -0.490 e. The van der Waals surface area contributed by atoms with Gasteiger partial charge in [0.25, 0.3) is 0 Å². The molecular formula is C26H31NO13. The van der Waals surface area contributed by atoms with E-state index in [-0.39, 0.29) is 18.2 Å². The van der Waals surface area contributed by atoms with Crippen molar-refractivity contribution in [3.05, 3.63) is 41.5 Å². The van der Waals surface area contributed by atoms with Crippen LogP contribution in [-0.2, 0) is 9.53 Å². The highest BCUT2D eigenvalue weighted by Gasteiger charge is 2.49. The fourth-order valence-electron chi connectivity index (χ4n) is 4.98. The number of carbonyl (C=O) groups is 1. The van der Waals surface area contributed by atoms with Crippen molar-refractivity contribution in [3.63, 3.8) is 0 Å². The summed E-state index contributed by atoms with van der Waals surface area (Å²) in [4.78, 5) is 11.4. The van der Waals surface area contributed by atoms with E-state index >= 15 is 0 Å². The Bertz CT molecular complexity index is 1240. The number of aliphatic hydroxyl groups excluding tert-OH is 5. The average Bonchev–Trinajstić information content (AvgIpc) is 3.31. The quantitative estimate of drug-likeness (QED) is 0.147. The normalized spacial score (nSPS) is 31.1. The zero-order valence-corrected chi connectivity index (χ0v) is 21.5. The van der Waals surface area contributed by atoms with Crippen LogP contribution in [0.15, 0.2) is 30.3 Å². The average molecular weight is 566 g/mol. The fraction of sp³-hybridized carbons (Fsp3) is 0.500. The van der Waals surface area contributed by atoms with Crippen molar-refractivity contribution < 1.29 is 63.9 Å². The molecule has 0 bridgehead atoms. The number of fused-ring (bicyclic) bond motifs is 5. The summed E-state index contributed by atoms with van der Waals surface area (Å²) in [5, 5.41) is 62.7. The van der Waals surface area contributed by atoms with Gasteiger partial charge in [-0.15, -0.1) is 0 Å². The largest absolute Gasteiger partial charge is 0.490 e. The van der Waals surface area contributed by atoms with Gasteiger partial charge < -0.3 is 59.1 Å². The second-order valence-corrected chi connectivity index (χ2v) is 9.73. The molecule has 3 aliphatic heterocycles. The standard InChI is InChI=1S/C26H31NO13/c1-10(28)8-27-9-36-14-6-5-13-16-20(39-21(13)22(14)35-2)12-4-3-11(7-15(12)38-25(16)34)37-26-19(31)17(29)18(30)23(40-26)24(32)33/h3-7,10,16-20,23,25-31,34H,8-9H2,1-2H3,(H,32,33)/t10-,16-,17-,18-,19+,20-,23-,25-,26+/m0/s1. The van der Waals surface area contributed by atoms with Crippen LogP contribution in [-0.4, -0.2) is 100 Å². The summed E-state index contributed by atoms with van der Waals surface area (Å²) in [6.45, 7) is 2.11. The summed E-state index contributed by atoms with van der Waals surface area (Å²) in [5.41, 5.74) is 1.22. The number of carboxylic acid groups (broad SMARTS) is 1. The van der Waals surface area contributed by atoms with Gasteiger partial charge in [-0.25, -0.2) is 4.79 Å². The summed E-state index contributed by atoms with van der Waals surface area (Å²) in [5.74, 6) is -0.735. The lowest BCUT2D eigenvalue weighted by molar-refractivity contribution is -0.271. The van der Waals surface area contributed by atoms with E-state index in [4.69, 9.17) is 28.4 Å². The molecule has 0 aromatic heterocycles. The molecule has 218 valence electrons. The smallest absolute Gasteiger partial charge is 0.335 e. The maximum atomic E-state index is 11.4. The molecule has 40 heavy (non-hydrogen) atoms. The minimum absolute atomic E-state index is 0.0784. The van der Waals surface area contributed by atoms with Crippen molar-refractivity contribution in [1.82, 2.24) is 5.32 Å². The molecule has 0 radical (unpaired) electrons. The number of nitrogens with one attached hydrogen (secondary N) is 1. The zero-order valence-electron chi connectivity index (χ0n) is 21.5. The van der Waals surface area contributed by atoms with Gasteiger partial charge in [0.15, 0.2) is 17.6 Å². The van der Waals surface area contributed by atoms with Crippen LogP contribution in [0.1, 0.15) is 30.1 Å². The molecule has 1 fully saturated rings. The highest BCUT2D eigenvalue weighted by atomic mass is 16.7. The summed E-state index contributed by atoms with van der Waals surface area (Å²) in [6, 6.07) is 7.98. The number of hydrogen-bond acceptors (Lipinski definition) is 13. The third-order valence-electron chi connectivity index (χ3n) is 6.92. The summed E-state index contributed by atoms with van der Waals surface area (Å²) >= 11 is 0. The van der Waals surface area contributed by atoms with E-state index in [1.165, 1.54) is 19.2 Å². The monoisotopic (exact) mass is 565 g/mol. The lowest BCUT2D eigenvalue weighted by Crippen LogP contribution is -2.61. The summed E-state index contributed by atoms with van der Waals surface area (Å²) in [7, 11) is 1.47. The molecule has 9 atom stereocenters. The van der Waals surface area contributed by atoms with Gasteiger partial charge >= 0.3 is 5.97 Å². The summed E-state index contributed by atoms with van der Waals surface area (Å²) in [6.07, 6.45) is -11.3. The van der Waals surface area contributed by atoms with Crippen molar-refractivity contribution in [2.75, 3.05) is 20.4 Å². The highest BCUT2D eigenvalue weighted by Crippen LogP contribution is 2.57. The minimum atomic E-state index is -1.85. The Morgan fingerprint density at radius 1 is 1.05 bits per heavy atom.